The van der Waals surface area contributed by atoms with E-state index in [1.807, 2.05) is 0 Å². The average molecular weight is 210 g/mol. The molecular formula is C9H10N2O4. The number of rotatable bonds is 3. The predicted molar refractivity (Wildman–Crippen MR) is 52.0 cm³/mol. The number of hydrogen-bond acceptors (Lipinski definition) is 5. The van der Waals surface area contributed by atoms with Crippen LogP contribution in [0.25, 0.3) is 0 Å². The number of ether oxygens (including phenoxy) is 1. The van der Waals surface area contributed by atoms with Crippen molar-refractivity contribution in [3.63, 3.8) is 0 Å². The fraction of sp³-hybridized carbons (Fsp3) is 0.222. The third-order valence-electron chi connectivity index (χ3n) is 1.90. The maximum absolute atomic E-state index is 11.1. The lowest BCUT2D eigenvalue weighted by molar-refractivity contribution is -0.384. The van der Waals surface area contributed by atoms with Crippen LogP contribution in [0.3, 0.4) is 0 Å². The summed E-state index contributed by atoms with van der Waals surface area (Å²) in [6, 6.07) is 4.59. The number of nitrogens with two attached hydrogens (primary N) is 1. The molecule has 1 atom stereocenters. The summed E-state index contributed by atoms with van der Waals surface area (Å²) >= 11 is 0. The van der Waals surface area contributed by atoms with E-state index in [9.17, 15) is 14.9 Å². The molecule has 15 heavy (non-hydrogen) atoms. The minimum atomic E-state index is -0.991. The molecule has 0 aliphatic carbocycles. The molecule has 2 N–H and O–H groups in total. The molecule has 0 fully saturated rings. The van der Waals surface area contributed by atoms with Gasteiger partial charge in [-0.05, 0) is 5.56 Å². The number of esters is 1. The van der Waals surface area contributed by atoms with E-state index in [-0.39, 0.29) is 5.69 Å². The van der Waals surface area contributed by atoms with E-state index in [1.165, 1.54) is 31.4 Å². The topological polar surface area (TPSA) is 95.5 Å². The van der Waals surface area contributed by atoms with Crippen LogP contribution in [0.1, 0.15) is 11.6 Å². The largest absolute Gasteiger partial charge is 0.468 e. The highest BCUT2D eigenvalue weighted by atomic mass is 16.6. The van der Waals surface area contributed by atoms with Gasteiger partial charge in [-0.25, -0.2) is 0 Å². The summed E-state index contributed by atoms with van der Waals surface area (Å²) in [5.74, 6) is -0.629. The number of carbonyl (C=O) groups excluding carboxylic acids is 1. The molecule has 6 nitrogen and oxygen atoms in total. The van der Waals surface area contributed by atoms with Crippen molar-refractivity contribution in [1.82, 2.24) is 0 Å². The van der Waals surface area contributed by atoms with Gasteiger partial charge in [-0.1, -0.05) is 12.1 Å². The summed E-state index contributed by atoms with van der Waals surface area (Å²) < 4.78 is 4.43. The van der Waals surface area contributed by atoms with Gasteiger partial charge in [0.15, 0.2) is 0 Å². The minimum Gasteiger partial charge on any atom is -0.468 e. The van der Waals surface area contributed by atoms with Crippen molar-refractivity contribution in [2.75, 3.05) is 7.11 Å². The lowest BCUT2D eigenvalue weighted by atomic mass is 10.1. The molecule has 0 saturated carbocycles. The predicted octanol–water partition coefficient (Wildman–Crippen LogP) is 0.768. The SMILES string of the molecule is COC(=O)[C@@H](N)c1cccc([N+](=O)[O-])c1. The Morgan fingerprint density at radius 2 is 2.27 bits per heavy atom. The van der Waals surface area contributed by atoms with Crippen molar-refractivity contribution in [2.45, 2.75) is 6.04 Å². The van der Waals surface area contributed by atoms with Crippen molar-refractivity contribution in [3.05, 3.63) is 39.9 Å². The van der Waals surface area contributed by atoms with E-state index in [4.69, 9.17) is 5.73 Å². The Labute approximate surface area is 85.8 Å². The number of benzene rings is 1. The lowest BCUT2D eigenvalue weighted by Crippen LogP contribution is -2.22. The first-order chi connectivity index (χ1) is 7.06. The summed E-state index contributed by atoms with van der Waals surface area (Å²) in [4.78, 5) is 21.0. The van der Waals surface area contributed by atoms with Gasteiger partial charge in [-0.15, -0.1) is 0 Å². The quantitative estimate of drug-likeness (QED) is 0.451. The highest BCUT2D eigenvalue weighted by Gasteiger charge is 2.18. The number of methoxy groups -OCH3 is 1. The molecule has 0 spiro atoms. The molecular weight excluding hydrogens is 200 g/mol. The zero-order valence-corrected chi connectivity index (χ0v) is 8.04. The Morgan fingerprint density at radius 1 is 1.60 bits per heavy atom. The molecule has 0 radical (unpaired) electrons. The second-order valence-electron chi connectivity index (χ2n) is 2.85. The Kier molecular flexibility index (Phi) is 3.35. The first-order valence-electron chi connectivity index (χ1n) is 4.14. The molecule has 0 heterocycles. The minimum absolute atomic E-state index is 0.105. The third kappa shape index (κ3) is 2.50. The van der Waals surface area contributed by atoms with E-state index in [0.29, 0.717) is 5.56 Å². The summed E-state index contributed by atoms with van der Waals surface area (Å²) in [5, 5.41) is 10.5. The van der Waals surface area contributed by atoms with Crippen LogP contribution >= 0.6 is 0 Å². The van der Waals surface area contributed by atoms with Gasteiger partial charge in [0, 0.05) is 12.1 Å². The first kappa shape index (κ1) is 11.1. The standard InChI is InChI=1S/C9H10N2O4/c1-15-9(12)8(10)6-3-2-4-7(5-6)11(13)14/h2-5,8H,10H2,1H3/t8-/m0/s1. The molecule has 0 aliphatic heterocycles. The van der Waals surface area contributed by atoms with Gasteiger partial charge in [-0.3, -0.25) is 14.9 Å². The highest BCUT2D eigenvalue weighted by molar-refractivity contribution is 5.77. The lowest BCUT2D eigenvalue weighted by Gasteiger charge is -2.08. The molecule has 0 saturated heterocycles. The molecule has 1 aromatic carbocycles. The van der Waals surface area contributed by atoms with Gasteiger partial charge in [0.05, 0.1) is 12.0 Å². The van der Waals surface area contributed by atoms with Gasteiger partial charge in [-0.2, -0.15) is 0 Å². The van der Waals surface area contributed by atoms with Gasteiger partial charge >= 0.3 is 5.97 Å². The highest BCUT2D eigenvalue weighted by Crippen LogP contribution is 2.18. The molecule has 1 aromatic rings. The van der Waals surface area contributed by atoms with Gasteiger partial charge in [0.2, 0.25) is 0 Å². The Bertz CT molecular complexity index is 391. The molecule has 0 bridgehead atoms. The van der Waals surface area contributed by atoms with Crippen molar-refractivity contribution in [2.24, 2.45) is 5.73 Å². The fourth-order valence-corrected chi connectivity index (χ4v) is 1.09. The van der Waals surface area contributed by atoms with Crippen LogP contribution in [0.15, 0.2) is 24.3 Å². The zero-order chi connectivity index (χ0) is 11.4. The van der Waals surface area contributed by atoms with E-state index in [2.05, 4.69) is 4.74 Å². The summed E-state index contributed by atoms with van der Waals surface area (Å²) in [6.45, 7) is 0. The van der Waals surface area contributed by atoms with Crippen molar-refractivity contribution in [1.29, 1.82) is 0 Å². The Balaban J connectivity index is 3.00. The van der Waals surface area contributed by atoms with Crippen molar-refractivity contribution >= 4 is 11.7 Å². The molecule has 0 unspecified atom stereocenters. The summed E-state index contributed by atoms with van der Waals surface area (Å²) in [6.07, 6.45) is 0. The van der Waals surface area contributed by atoms with Crippen molar-refractivity contribution in [3.8, 4) is 0 Å². The van der Waals surface area contributed by atoms with Crippen LogP contribution in [0.4, 0.5) is 5.69 Å². The number of non-ortho nitro benzene ring substituents is 1. The van der Waals surface area contributed by atoms with Crippen LogP contribution in [0.5, 0.6) is 0 Å². The van der Waals surface area contributed by atoms with Crippen LogP contribution in [0.2, 0.25) is 0 Å². The summed E-state index contributed by atoms with van der Waals surface area (Å²) in [7, 11) is 1.21. The average Bonchev–Trinajstić information content (AvgIpc) is 2.27. The second kappa shape index (κ2) is 4.52. The fourth-order valence-electron chi connectivity index (χ4n) is 1.09. The number of hydrogen-bond donors (Lipinski definition) is 1. The molecule has 0 amide bonds. The summed E-state index contributed by atoms with van der Waals surface area (Å²) in [5.41, 5.74) is 5.77. The Morgan fingerprint density at radius 3 is 2.80 bits per heavy atom. The Hall–Kier alpha value is -1.95. The third-order valence-corrected chi connectivity index (χ3v) is 1.90. The maximum Gasteiger partial charge on any atom is 0.327 e. The van der Waals surface area contributed by atoms with Gasteiger partial charge < -0.3 is 10.5 Å². The van der Waals surface area contributed by atoms with Crippen LogP contribution in [0, 0.1) is 10.1 Å². The number of nitro benzene ring substituents is 1. The van der Waals surface area contributed by atoms with E-state index >= 15 is 0 Å². The van der Waals surface area contributed by atoms with E-state index in [1.54, 1.807) is 0 Å². The zero-order valence-electron chi connectivity index (χ0n) is 8.04. The van der Waals surface area contributed by atoms with E-state index in [0.717, 1.165) is 0 Å². The second-order valence-corrected chi connectivity index (χ2v) is 2.85. The molecule has 80 valence electrons. The van der Waals surface area contributed by atoms with Crippen LogP contribution in [-0.2, 0) is 9.53 Å². The van der Waals surface area contributed by atoms with Crippen LogP contribution in [-0.4, -0.2) is 18.0 Å². The van der Waals surface area contributed by atoms with Gasteiger partial charge in [0.1, 0.15) is 6.04 Å². The van der Waals surface area contributed by atoms with Crippen LogP contribution < -0.4 is 5.73 Å². The van der Waals surface area contributed by atoms with Gasteiger partial charge in [0.25, 0.3) is 5.69 Å². The molecule has 0 aliphatic rings. The molecule has 1 rings (SSSR count). The number of carbonyl (C=O) groups is 1. The molecule has 6 heteroatoms. The van der Waals surface area contributed by atoms with Crippen molar-refractivity contribution < 1.29 is 14.5 Å². The molecule has 0 aromatic heterocycles. The maximum atomic E-state index is 11.1. The monoisotopic (exact) mass is 210 g/mol. The number of nitrogens with zero attached hydrogens (tertiary/aromatic N) is 1. The normalized spacial score (nSPS) is 11.9. The smallest absolute Gasteiger partial charge is 0.327 e. The number of nitro groups is 1. The van der Waals surface area contributed by atoms with E-state index < -0.39 is 16.9 Å². The first-order valence-corrected chi connectivity index (χ1v) is 4.14.